The third-order valence-electron chi connectivity index (χ3n) is 4.19. The van der Waals surface area contributed by atoms with E-state index in [0.29, 0.717) is 21.5 Å². The number of carbonyl (C=O) groups is 2. The van der Waals surface area contributed by atoms with Gasteiger partial charge in [-0.25, -0.2) is 14.3 Å². The minimum absolute atomic E-state index is 0.164. The second kappa shape index (κ2) is 8.14. The molecule has 170 valence electrons. The van der Waals surface area contributed by atoms with Crippen LogP contribution in [0.15, 0.2) is 42.7 Å². The second-order valence-corrected chi connectivity index (χ2v) is 9.44. The van der Waals surface area contributed by atoms with E-state index < -0.39 is 23.4 Å². The summed E-state index contributed by atoms with van der Waals surface area (Å²) in [5.74, 6) is 0.164. The number of rotatable bonds is 2. The van der Waals surface area contributed by atoms with Crippen LogP contribution in [-0.4, -0.2) is 33.2 Å². The Labute approximate surface area is 186 Å². The lowest BCUT2D eigenvalue weighted by molar-refractivity contribution is -0.603. The van der Waals surface area contributed by atoms with Crippen LogP contribution >= 0.6 is 0 Å². The lowest BCUT2D eigenvalue weighted by Crippen LogP contribution is -2.44. The van der Waals surface area contributed by atoms with E-state index >= 15 is 0 Å². The molecule has 0 spiro atoms. The quantitative estimate of drug-likeness (QED) is 0.425. The predicted molar refractivity (Wildman–Crippen MR) is 120 cm³/mol. The number of nitrogens with zero attached hydrogens (tertiary/aromatic N) is 4. The Hall–Kier alpha value is -3.62. The molecule has 2 amide bonds. The van der Waals surface area contributed by atoms with Crippen molar-refractivity contribution < 1.29 is 23.8 Å². The molecule has 0 atom stereocenters. The largest absolute Gasteiger partial charge is 0.619 e. The van der Waals surface area contributed by atoms with E-state index in [1.165, 1.54) is 17.1 Å². The van der Waals surface area contributed by atoms with E-state index in [1.807, 2.05) is 0 Å². The van der Waals surface area contributed by atoms with Gasteiger partial charge in [-0.3, -0.25) is 0 Å². The second-order valence-electron chi connectivity index (χ2n) is 9.44. The maximum absolute atomic E-state index is 13.1. The summed E-state index contributed by atoms with van der Waals surface area (Å²) >= 11 is 0. The molecule has 0 aliphatic heterocycles. The zero-order valence-corrected chi connectivity index (χ0v) is 19.4. The fraction of sp³-hybridized carbons (Fsp3) is 0.391. The zero-order chi connectivity index (χ0) is 23.8. The van der Waals surface area contributed by atoms with Crippen molar-refractivity contribution in [2.24, 2.45) is 0 Å². The highest BCUT2D eigenvalue weighted by molar-refractivity contribution is 6.09. The van der Waals surface area contributed by atoms with Crippen molar-refractivity contribution in [3.05, 3.63) is 53.6 Å². The van der Waals surface area contributed by atoms with E-state index in [9.17, 15) is 14.8 Å². The summed E-state index contributed by atoms with van der Waals surface area (Å²) in [6.45, 7) is 12.0. The van der Waals surface area contributed by atoms with E-state index in [1.54, 1.807) is 78.8 Å². The maximum Gasteiger partial charge on any atom is 0.425 e. The molecular formula is C23H28N4O5. The van der Waals surface area contributed by atoms with Gasteiger partial charge < -0.3 is 14.7 Å². The van der Waals surface area contributed by atoms with Gasteiger partial charge in [0, 0.05) is 22.9 Å². The molecule has 0 unspecified atom stereocenters. The molecule has 0 saturated carbocycles. The van der Waals surface area contributed by atoms with Gasteiger partial charge >= 0.3 is 12.2 Å². The number of pyridine rings is 1. The summed E-state index contributed by atoms with van der Waals surface area (Å²) in [4.78, 5) is 27.0. The molecule has 0 N–H and O–H groups in total. The number of imide groups is 1. The van der Waals surface area contributed by atoms with Crippen LogP contribution in [0.3, 0.4) is 0 Å². The Morgan fingerprint density at radius 2 is 1.62 bits per heavy atom. The van der Waals surface area contributed by atoms with Crippen LogP contribution in [0.4, 0.5) is 15.4 Å². The van der Waals surface area contributed by atoms with Crippen LogP contribution in [0.2, 0.25) is 0 Å². The average molecular weight is 441 g/mol. The lowest BCUT2D eigenvalue weighted by Gasteiger charge is -2.28. The van der Waals surface area contributed by atoms with Gasteiger partial charge in [-0.05, 0) is 60.6 Å². The number of carbonyl (C=O) groups excluding carboxylic acids is 2. The fourth-order valence-corrected chi connectivity index (χ4v) is 3.08. The van der Waals surface area contributed by atoms with Crippen LogP contribution < -0.4 is 9.63 Å². The molecule has 0 aliphatic carbocycles. The molecule has 9 nitrogen and oxygen atoms in total. The smallest absolute Gasteiger partial charge is 0.425 e. The number of fused-ring (bicyclic) bond motifs is 1. The van der Waals surface area contributed by atoms with Gasteiger partial charge in [0.15, 0.2) is 18.2 Å². The molecule has 3 aromatic rings. The monoisotopic (exact) mass is 440 g/mol. The highest BCUT2D eigenvalue weighted by Crippen LogP contribution is 2.29. The molecule has 2 aromatic heterocycles. The minimum atomic E-state index is -0.884. The Morgan fingerprint density at radius 1 is 1.03 bits per heavy atom. The van der Waals surface area contributed by atoms with Gasteiger partial charge in [-0.2, -0.15) is 14.7 Å². The van der Waals surface area contributed by atoms with Gasteiger partial charge in [-0.15, -0.1) is 0 Å². The summed E-state index contributed by atoms with van der Waals surface area (Å²) in [7, 11) is 0. The van der Waals surface area contributed by atoms with Crippen molar-refractivity contribution in [2.45, 2.75) is 59.7 Å². The SMILES string of the molecule is Cc1cc(N(C(=O)OC(C)(C)C)C(=O)OC(C)(C)C)n(-c2cccc3c[n+]([O-])ccc23)n1. The van der Waals surface area contributed by atoms with Crippen molar-refractivity contribution in [1.82, 2.24) is 9.78 Å². The summed E-state index contributed by atoms with van der Waals surface area (Å²) in [6, 6.07) is 8.61. The molecule has 3 rings (SSSR count). The molecule has 32 heavy (non-hydrogen) atoms. The van der Waals surface area contributed by atoms with Crippen LogP contribution in [0.1, 0.15) is 47.2 Å². The first kappa shape index (κ1) is 23.1. The molecular weight excluding hydrogens is 412 g/mol. The standard InChI is InChI=1S/C23H28N4O5/c1-15-13-19(26(20(28)31-22(2,3)4)21(29)32-23(5,6)7)27(24-15)18-10-8-9-16-14-25(30)12-11-17(16)18/h8-14H,1-7H3. The van der Waals surface area contributed by atoms with Crippen LogP contribution in [0.25, 0.3) is 16.5 Å². The van der Waals surface area contributed by atoms with Gasteiger partial charge in [0.25, 0.3) is 0 Å². The summed E-state index contributed by atoms with van der Waals surface area (Å²) in [5.41, 5.74) is -0.510. The molecule has 0 saturated heterocycles. The topological polar surface area (TPSA) is 101 Å². The Balaban J connectivity index is 2.19. The zero-order valence-electron chi connectivity index (χ0n) is 19.4. The van der Waals surface area contributed by atoms with Crippen LogP contribution in [-0.2, 0) is 9.47 Å². The van der Waals surface area contributed by atoms with Crippen molar-refractivity contribution in [3.8, 4) is 5.69 Å². The van der Waals surface area contributed by atoms with Crippen LogP contribution in [0, 0.1) is 12.1 Å². The van der Waals surface area contributed by atoms with Crippen molar-refractivity contribution in [2.75, 3.05) is 4.90 Å². The first-order chi connectivity index (χ1) is 14.7. The Kier molecular flexibility index (Phi) is 5.86. The first-order valence-electron chi connectivity index (χ1n) is 10.2. The first-order valence-corrected chi connectivity index (χ1v) is 10.2. The number of aromatic nitrogens is 3. The van der Waals surface area contributed by atoms with E-state index in [0.717, 1.165) is 10.3 Å². The number of ether oxygens (including phenoxy) is 2. The van der Waals surface area contributed by atoms with Crippen molar-refractivity contribution >= 4 is 28.8 Å². The number of aryl methyl sites for hydroxylation is 1. The number of hydrogen-bond acceptors (Lipinski definition) is 6. The molecule has 0 aliphatic rings. The van der Waals surface area contributed by atoms with Gasteiger partial charge in [0.1, 0.15) is 11.2 Å². The molecule has 1 aromatic carbocycles. The van der Waals surface area contributed by atoms with Crippen molar-refractivity contribution in [3.63, 3.8) is 0 Å². The Bertz CT molecular complexity index is 1140. The predicted octanol–water partition coefficient (Wildman–Crippen LogP) is 4.64. The van der Waals surface area contributed by atoms with Crippen molar-refractivity contribution in [1.29, 1.82) is 0 Å². The number of anilines is 1. The maximum atomic E-state index is 13.1. The molecule has 0 bridgehead atoms. The van der Waals surface area contributed by atoms with Gasteiger partial charge in [0.2, 0.25) is 0 Å². The normalized spacial score (nSPS) is 12.0. The number of amides is 2. The highest BCUT2D eigenvalue weighted by Gasteiger charge is 2.35. The van der Waals surface area contributed by atoms with Crippen LogP contribution in [0.5, 0.6) is 0 Å². The summed E-state index contributed by atoms with van der Waals surface area (Å²) < 4.78 is 13.2. The number of benzene rings is 1. The molecule has 2 heterocycles. The fourth-order valence-electron chi connectivity index (χ4n) is 3.08. The molecule has 0 fully saturated rings. The highest BCUT2D eigenvalue weighted by atomic mass is 16.6. The Morgan fingerprint density at radius 3 is 2.19 bits per heavy atom. The minimum Gasteiger partial charge on any atom is -0.619 e. The third kappa shape index (κ3) is 5.16. The molecule has 9 heteroatoms. The van der Waals surface area contributed by atoms with Gasteiger partial charge in [-0.1, -0.05) is 6.07 Å². The van der Waals surface area contributed by atoms with E-state index in [-0.39, 0.29) is 5.82 Å². The number of hydrogen-bond donors (Lipinski definition) is 0. The summed E-state index contributed by atoms with van der Waals surface area (Å²) in [5, 5.41) is 17.6. The van der Waals surface area contributed by atoms with Gasteiger partial charge in [0.05, 0.1) is 11.4 Å². The molecule has 0 radical (unpaired) electrons. The third-order valence-corrected chi connectivity index (χ3v) is 4.19. The average Bonchev–Trinajstić information content (AvgIpc) is 2.98. The summed E-state index contributed by atoms with van der Waals surface area (Å²) in [6.07, 6.45) is 1.05. The lowest BCUT2D eigenvalue weighted by atomic mass is 10.1. The van der Waals surface area contributed by atoms with E-state index in [4.69, 9.17) is 9.47 Å². The van der Waals surface area contributed by atoms with E-state index in [2.05, 4.69) is 5.10 Å².